The minimum absolute atomic E-state index is 0.143. The zero-order valence-corrected chi connectivity index (χ0v) is 14.9. The van der Waals surface area contributed by atoms with Gasteiger partial charge in [0.05, 0.1) is 11.7 Å². The van der Waals surface area contributed by atoms with E-state index < -0.39 is 0 Å². The number of hydrogen-bond acceptors (Lipinski definition) is 5. The van der Waals surface area contributed by atoms with E-state index in [1.807, 2.05) is 29.1 Å². The molecule has 2 heterocycles. The molecule has 7 heteroatoms. The molecular formula is C16H20ClN5S. The van der Waals surface area contributed by atoms with Crippen molar-refractivity contribution in [2.45, 2.75) is 38.4 Å². The summed E-state index contributed by atoms with van der Waals surface area (Å²) in [5.74, 6) is 1.26. The van der Waals surface area contributed by atoms with E-state index in [2.05, 4.69) is 35.5 Å². The number of aryl methyl sites for hydroxylation is 1. The van der Waals surface area contributed by atoms with Crippen LogP contribution in [0.25, 0.3) is 5.70 Å². The minimum atomic E-state index is -0.143. The summed E-state index contributed by atoms with van der Waals surface area (Å²) in [5, 5.41) is 12.1. The Hall–Kier alpha value is -1.50. The van der Waals surface area contributed by atoms with Gasteiger partial charge in [-0.15, -0.1) is 10.2 Å². The topological polar surface area (TPSA) is 68.8 Å². The largest absolute Gasteiger partial charge is 0.321 e. The monoisotopic (exact) mass is 349 g/mol. The Morgan fingerprint density at radius 1 is 1.35 bits per heavy atom. The van der Waals surface area contributed by atoms with Crippen molar-refractivity contribution in [1.29, 1.82) is 0 Å². The first-order chi connectivity index (χ1) is 11.0. The molecule has 1 aliphatic heterocycles. The fraction of sp³-hybridized carbons (Fsp3) is 0.375. The Morgan fingerprint density at radius 3 is 2.83 bits per heavy atom. The Kier molecular flexibility index (Phi) is 4.66. The van der Waals surface area contributed by atoms with Gasteiger partial charge in [-0.25, -0.2) is 4.68 Å². The Bertz CT molecular complexity index is 753. The van der Waals surface area contributed by atoms with Crippen LogP contribution in [-0.2, 0) is 0 Å². The molecule has 2 aromatic rings. The summed E-state index contributed by atoms with van der Waals surface area (Å²) in [6, 6.07) is 5.82. The van der Waals surface area contributed by atoms with E-state index in [1.165, 1.54) is 11.8 Å². The highest BCUT2D eigenvalue weighted by molar-refractivity contribution is 8.02. The number of benzene rings is 1. The van der Waals surface area contributed by atoms with Crippen LogP contribution in [0.1, 0.15) is 43.3 Å². The quantitative estimate of drug-likeness (QED) is 0.875. The summed E-state index contributed by atoms with van der Waals surface area (Å²) in [6.45, 7) is 6.30. The SMILES string of the molecule is Cc1cc(C2=CSc3nnc([C@@H](N)CC(C)C)n3N2)ccc1Cl. The molecule has 0 saturated heterocycles. The highest BCUT2D eigenvalue weighted by Crippen LogP contribution is 2.31. The van der Waals surface area contributed by atoms with E-state index in [4.69, 9.17) is 17.3 Å². The molecule has 0 spiro atoms. The van der Waals surface area contributed by atoms with E-state index >= 15 is 0 Å². The lowest BCUT2D eigenvalue weighted by Gasteiger charge is -2.21. The van der Waals surface area contributed by atoms with Gasteiger partial charge < -0.3 is 5.73 Å². The second-order valence-electron chi connectivity index (χ2n) is 6.14. The first kappa shape index (κ1) is 16.4. The number of thioether (sulfide) groups is 1. The fourth-order valence-electron chi connectivity index (χ4n) is 2.52. The molecule has 1 aromatic heterocycles. The average molecular weight is 350 g/mol. The lowest BCUT2D eigenvalue weighted by Crippen LogP contribution is -2.25. The molecular weight excluding hydrogens is 330 g/mol. The summed E-state index contributed by atoms with van der Waals surface area (Å²) in [7, 11) is 0. The third-order valence-electron chi connectivity index (χ3n) is 3.70. The number of halogens is 1. The van der Waals surface area contributed by atoms with Crippen molar-refractivity contribution in [3.05, 3.63) is 45.6 Å². The average Bonchev–Trinajstić information content (AvgIpc) is 2.92. The van der Waals surface area contributed by atoms with Crippen molar-refractivity contribution in [3.8, 4) is 0 Å². The predicted molar refractivity (Wildman–Crippen MR) is 95.8 cm³/mol. The molecule has 0 fully saturated rings. The van der Waals surface area contributed by atoms with Gasteiger partial charge in [0, 0.05) is 16.0 Å². The predicted octanol–water partition coefficient (Wildman–Crippen LogP) is 3.93. The van der Waals surface area contributed by atoms with Gasteiger partial charge in [0.1, 0.15) is 0 Å². The number of hydrogen-bond donors (Lipinski definition) is 2. The van der Waals surface area contributed by atoms with Crippen LogP contribution >= 0.6 is 23.4 Å². The third-order valence-corrected chi connectivity index (χ3v) is 4.95. The Balaban J connectivity index is 1.87. The van der Waals surface area contributed by atoms with Crippen LogP contribution in [0.5, 0.6) is 0 Å². The fourth-order valence-corrected chi connectivity index (χ4v) is 3.38. The van der Waals surface area contributed by atoms with E-state index in [1.54, 1.807) is 0 Å². The summed E-state index contributed by atoms with van der Waals surface area (Å²) in [4.78, 5) is 0. The van der Waals surface area contributed by atoms with Crippen LogP contribution < -0.4 is 11.2 Å². The number of nitrogens with two attached hydrogens (primary N) is 1. The number of nitrogens with one attached hydrogen (secondary N) is 1. The number of fused-ring (bicyclic) bond motifs is 1. The summed E-state index contributed by atoms with van der Waals surface area (Å²) < 4.78 is 1.89. The molecule has 3 N–H and O–H groups in total. The standard InChI is InChI=1S/C16H20ClN5S/c1-9(2)6-13(18)15-19-20-16-22(15)21-14(8-23-16)11-4-5-12(17)10(3)7-11/h4-5,7-9,13,21H,6,18H2,1-3H3/t13-/m0/s1. The maximum Gasteiger partial charge on any atom is 0.214 e. The van der Waals surface area contributed by atoms with Gasteiger partial charge in [-0.3, -0.25) is 5.43 Å². The van der Waals surface area contributed by atoms with Gasteiger partial charge in [0.15, 0.2) is 5.82 Å². The van der Waals surface area contributed by atoms with Crippen molar-refractivity contribution >= 4 is 29.1 Å². The van der Waals surface area contributed by atoms with Crippen molar-refractivity contribution < 1.29 is 0 Å². The van der Waals surface area contributed by atoms with E-state index in [0.29, 0.717) is 5.92 Å². The Morgan fingerprint density at radius 2 is 2.13 bits per heavy atom. The van der Waals surface area contributed by atoms with E-state index in [9.17, 15) is 0 Å². The van der Waals surface area contributed by atoms with Gasteiger partial charge in [0.2, 0.25) is 5.16 Å². The van der Waals surface area contributed by atoms with Crippen LogP contribution in [0.4, 0.5) is 0 Å². The second-order valence-corrected chi connectivity index (χ2v) is 7.38. The lowest BCUT2D eigenvalue weighted by molar-refractivity contribution is 0.483. The van der Waals surface area contributed by atoms with Gasteiger partial charge >= 0.3 is 0 Å². The molecule has 0 aliphatic carbocycles. The van der Waals surface area contributed by atoms with Crippen molar-refractivity contribution in [2.24, 2.45) is 11.7 Å². The zero-order chi connectivity index (χ0) is 16.6. The molecule has 1 aromatic carbocycles. The lowest BCUT2D eigenvalue weighted by atomic mass is 10.0. The molecule has 0 bridgehead atoms. The van der Waals surface area contributed by atoms with Crippen molar-refractivity contribution in [1.82, 2.24) is 14.9 Å². The summed E-state index contributed by atoms with van der Waals surface area (Å²) in [5.41, 5.74) is 12.8. The van der Waals surface area contributed by atoms with Gasteiger partial charge in [-0.1, -0.05) is 43.3 Å². The van der Waals surface area contributed by atoms with Crippen LogP contribution in [-0.4, -0.2) is 14.9 Å². The van der Waals surface area contributed by atoms with Gasteiger partial charge in [-0.05, 0) is 37.0 Å². The molecule has 122 valence electrons. The first-order valence-corrected chi connectivity index (χ1v) is 8.82. The summed E-state index contributed by atoms with van der Waals surface area (Å²) in [6.07, 6.45) is 0.865. The maximum absolute atomic E-state index is 6.28. The molecule has 5 nitrogen and oxygen atoms in total. The molecule has 23 heavy (non-hydrogen) atoms. The molecule has 0 saturated carbocycles. The normalized spacial score (nSPS) is 15.1. The molecule has 0 unspecified atom stereocenters. The second kappa shape index (κ2) is 6.55. The number of aromatic nitrogens is 3. The van der Waals surface area contributed by atoms with Crippen LogP contribution in [0.15, 0.2) is 28.8 Å². The zero-order valence-electron chi connectivity index (χ0n) is 13.4. The number of rotatable bonds is 4. The highest BCUT2D eigenvalue weighted by atomic mass is 35.5. The van der Waals surface area contributed by atoms with Crippen LogP contribution in [0.2, 0.25) is 5.02 Å². The third kappa shape index (κ3) is 3.39. The van der Waals surface area contributed by atoms with Crippen molar-refractivity contribution in [3.63, 3.8) is 0 Å². The Labute approximate surface area is 145 Å². The van der Waals surface area contributed by atoms with Gasteiger partial charge in [-0.2, -0.15) is 0 Å². The van der Waals surface area contributed by atoms with Gasteiger partial charge in [0.25, 0.3) is 0 Å². The van der Waals surface area contributed by atoms with Crippen LogP contribution in [0, 0.1) is 12.8 Å². The highest BCUT2D eigenvalue weighted by Gasteiger charge is 2.23. The van der Waals surface area contributed by atoms with Crippen molar-refractivity contribution in [2.75, 3.05) is 5.43 Å². The molecule has 0 radical (unpaired) electrons. The summed E-state index contributed by atoms with van der Waals surface area (Å²) >= 11 is 7.65. The van der Waals surface area contributed by atoms with E-state index in [0.717, 1.165) is 39.2 Å². The number of nitrogens with zero attached hydrogens (tertiary/aromatic N) is 3. The maximum atomic E-state index is 6.28. The first-order valence-electron chi connectivity index (χ1n) is 7.57. The van der Waals surface area contributed by atoms with Crippen LogP contribution in [0.3, 0.4) is 0 Å². The molecule has 1 atom stereocenters. The smallest absolute Gasteiger partial charge is 0.214 e. The minimum Gasteiger partial charge on any atom is -0.321 e. The van der Waals surface area contributed by atoms with E-state index in [-0.39, 0.29) is 6.04 Å². The molecule has 3 rings (SSSR count). The molecule has 0 amide bonds. The molecule has 1 aliphatic rings.